The fourth-order valence-electron chi connectivity index (χ4n) is 2.88. The number of thiazole rings is 1. The summed E-state index contributed by atoms with van der Waals surface area (Å²) in [5.74, 6) is -0.413. The molecular formula is C19H23N3O3S. The first-order valence-electron chi connectivity index (χ1n) is 8.71. The molecule has 1 aliphatic rings. The molecule has 2 heterocycles. The zero-order valence-corrected chi connectivity index (χ0v) is 15.8. The maximum Gasteiger partial charge on any atom is 0.254 e. The van der Waals surface area contributed by atoms with Crippen molar-refractivity contribution in [2.24, 2.45) is 0 Å². The summed E-state index contributed by atoms with van der Waals surface area (Å²) in [6, 6.07) is 7.39. The summed E-state index contributed by atoms with van der Waals surface area (Å²) < 4.78 is 5.66. The molecule has 2 aromatic rings. The molecule has 1 atom stereocenters. The Kier molecular flexibility index (Phi) is 6.00. The number of hydrogen-bond acceptors (Lipinski definition) is 5. The Labute approximate surface area is 157 Å². The molecule has 1 aromatic carbocycles. The highest BCUT2D eigenvalue weighted by Crippen LogP contribution is 2.17. The van der Waals surface area contributed by atoms with E-state index < -0.39 is 0 Å². The summed E-state index contributed by atoms with van der Waals surface area (Å²) in [4.78, 5) is 31.1. The molecule has 6 nitrogen and oxygen atoms in total. The highest BCUT2D eigenvalue weighted by atomic mass is 32.1. The van der Waals surface area contributed by atoms with E-state index in [-0.39, 0.29) is 24.5 Å². The molecule has 0 spiro atoms. The van der Waals surface area contributed by atoms with Crippen LogP contribution in [0.2, 0.25) is 0 Å². The van der Waals surface area contributed by atoms with Crippen molar-refractivity contribution in [1.29, 1.82) is 0 Å². The van der Waals surface area contributed by atoms with E-state index in [4.69, 9.17) is 4.74 Å². The van der Waals surface area contributed by atoms with Gasteiger partial charge in [0.15, 0.2) is 5.13 Å². The third kappa shape index (κ3) is 4.89. The lowest BCUT2D eigenvalue weighted by atomic mass is 10.1. The van der Waals surface area contributed by atoms with Crippen LogP contribution < -0.4 is 5.32 Å². The van der Waals surface area contributed by atoms with Gasteiger partial charge < -0.3 is 15.0 Å². The standard InChI is InChI=1S/C19H23N3O3S/c1-13-5-7-15(8-6-13)18(24)22(10-16-4-3-9-25-16)11-17(23)21-19-20-14(2)12-26-19/h5-8,12,16H,3-4,9-11H2,1-2H3,(H,20,21,23). The van der Waals surface area contributed by atoms with E-state index in [1.165, 1.54) is 11.3 Å². The van der Waals surface area contributed by atoms with Gasteiger partial charge in [0, 0.05) is 24.1 Å². The van der Waals surface area contributed by atoms with Crippen LogP contribution in [-0.4, -0.2) is 47.5 Å². The van der Waals surface area contributed by atoms with Gasteiger partial charge in [0.1, 0.15) is 6.54 Å². The molecule has 1 aromatic heterocycles. The van der Waals surface area contributed by atoms with Gasteiger partial charge in [-0.05, 0) is 38.8 Å². The Morgan fingerprint density at radius 1 is 1.31 bits per heavy atom. The van der Waals surface area contributed by atoms with Gasteiger partial charge >= 0.3 is 0 Å². The maximum atomic E-state index is 12.9. The Morgan fingerprint density at radius 2 is 2.08 bits per heavy atom. The SMILES string of the molecule is Cc1ccc(C(=O)N(CC(=O)Nc2nc(C)cs2)CC2CCCO2)cc1. The number of carbonyl (C=O) groups is 2. The molecule has 0 radical (unpaired) electrons. The zero-order chi connectivity index (χ0) is 18.5. The van der Waals surface area contributed by atoms with Crippen LogP contribution in [0.25, 0.3) is 0 Å². The minimum Gasteiger partial charge on any atom is -0.376 e. The molecule has 0 aliphatic carbocycles. The van der Waals surface area contributed by atoms with Gasteiger partial charge in [-0.3, -0.25) is 9.59 Å². The Morgan fingerprint density at radius 3 is 2.69 bits per heavy atom. The van der Waals surface area contributed by atoms with E-state index >= 15 is 0 Å². The quantitative estimate of drug-likeness (QED) is 0.845. The first-order valence-corrected chi connectivity index (χ1v) is 9.59. The van der Waals surface area contributed by atoms with Crippen molar-refractivity contribution in [2.75, 3.05) is 25.0 Å². The summed E-state index contributed by atoms with van der Waals surface area (Å²) in [5.41, 5.74) is 2.52. The number of carbonyl (C=O) groups excluding carboxylic acids is 2. The van der Waals surface area contributed by atoms with Crippen LogP contribution in [0, 0.1) is 13.8 Å². The number of hydrogen-bond donors (Lipinski definition) is 1. The molecule has 1 unspecified atom stereocenters. The second-order valence-corrected chi connectivity index (χ2v) is 7.39. The maximum absolute atomic E-state index is 12.9. The summed E-state index contributed by atoms with van der Waals surface area (Å²) in [5, 5.41) is 5.19. The highest BCUT2D eigenvalue weighted by Gasteiger charge is 2.25. The second-order valence-electron chi connectivity index (χ2n) is 6.53. The summed E-state index contributed by atoms with van der Waals surface area (Å²) >= 11 is 1.37. The van der Waals surface area contributed by atoms with Crippen molar-refractivity contribution in [3.8, 4) is 0 Å². The van der Waals surface area contributed by atoms with Crippen LogP contribution in [0.1, 0.15) is 34.5 Å². The lowest BCUT2D eigenvalue weighted by Gasteiger charge is -2.25. The van der Waals surface area contributed by atoms with Crippen LogP contribution in [-0.2, 0) is 9.53 Å². The van der Waals surface area contributed by atoms with Crippen LogP contribution in [0.4, 0.5) is 5.13 Å². The minimum absolute atomic E-state index is 0.0145. The van der Waals surface area contributed by atoms with Crippen molar-refractivity contribution in [2.45, 2.75) is 32.8 Å². The molecule has 3 rings (SSSR count). The number of nitrogens with zero attached hydrogens (tertiary/aromatic N) is 2. The molecule has 138 valence electrons. The third-order valence-electron chi connectivity index (χ3n) is 4.23. The topological polar surface area (TPSA) is 71.5 Å². The van der Waals surface area contributed by atoms with Crippen LogP contribution >= 0.6 is 11.3 Å². The molecule has 1 aliphatic heterocycles. The molecular weight excluding hydrogens is 350 g/mol. The minimum atomic E-state index is -0.252. The largest absolute Gasteiger partial charge is 0.376 e. The van der Waals surface area contributed by atoms with Gasteiger partial charge in [0.25, 0.3) is 5.91 Å². The highest BCUT2D eigenvalue weighted by molar-refractivity contribution is 7.13. The predicted molar refractivity (Wildman–Crippen MR) is 102 cm³/mol. The molecule has 2 amide bonds. The van der Waals surface area contributed by atoms with Gasteiger partial charge in [0.2, 0.25) is 5.91 Å². The van der Waals surface area contributed by atoms with Gasteiger partial charge in [0.05, 0.1) is 11.8 Å². The number of aromatic nitrogens is 1. The predicted octanol–water partition coefficient (Wildman–Crippen LogP) is 3.02. The van der Waals surface area contributed by atoms with Crippen LogP contribution in [0.3, 0.4) is 0 Å². The van der Waals surface area contributed by atoms with E-state index in [9.17, 15) is 9.59 Å². The number of benzene rings is 1. The molecule has 0 bridgehead atoms. The number of ether oxygens (including phenoxy) is 1. The Bertz CT molecular complexity index is 767. The number of anilines is 1. The van der Waals surface area contributed by atoms with E-state index in [1.54, 1.807) is 17.0 Å². The molecule has 1 fully saturated rings. The first kappa shape index (κ1) is 18.5. The average Bonchev–Trinajstić information content (AvgIpc) is 3.26. The Balaban J connectivity index is 1.70. The van der Waals surface area contributed by atoms with E-state index in [0.29, 0.717) is 23.8 Å². The summed E-state index contributed by atoms with van der Waals surface area (Å²) in [6.07, 6.45) is 1.88. The molecule has 1 saturated heterocycles. The number of nitrogens with one attached hydrogen (secondary N) is 1. The molecule has 0 saturated carbocycles. The fraction of sp³-hybridized carbons (Fsp3) is 0.421. The van der Waals surface area contributed by atoms with Crippen molar-refractivity contribution in [3.05, 3.63) is 46.5 Å². The lowest BCUT2D eigenvalue weighted by molar-refractivity contribution is -0.117. The van der Waals surface area contributed by atoms with Gasteiger partial charge in [-0.15, -0.1) is 11.3 Å². The van der Waals surface area contributed by atoms with Crippen molar-refractivity contribution >= 4 is 28.3 Å². The number of aryl methyl sites for hydroxylation is 2. The normalized spacial score (nSPS) is 16.5. The van der Waals surface area contributed by atoms with Crippen molar-refractivity contribution in [3.63, 3.8) is 0 Å². The number of amides is 2. The van der Waals surface area contributed by atoms with E-state index in [0.717, 1.165) is 24.1 Å². The van der Waals surface area contributed by atoms with Crippen LogP contribution in [0.15, 0.2) is 29.6 Å². The Hall–Kier alpha value is -2.25. The zero-order valence-electron chi connectivity index (χ0n) is 15.0. The van der Waals surface area contributed by atoms with Crippen molar-refractivity contribution in [1.82, 2.24) is 9.88 Å². The van der Waals surface area contributed by atoms with Crippen molar-refractivity contribution < 1.29 is 14.3 Å². The third-order valence-corrected chi connectivity index (χ3v) is 5.11. The molecule has 7 heteroatoms. The van der Waals surface area contributed by atoms with Gasteiger partial charge in [-0.25, -0.2) is 4.98 Å². The summed E-state index contributed by atoms with van der Waals surface area (Å²) in [7, 11) is 0. The number of rotatable bonds is 6. The van der Waals surface area contributed by atoms with E-state index in [2.05, 4.69) is 10.3 Å². The summed E-state index contributed by atoms with van der Waals surface area (Å²) in [6.45, 7) is 4.95. The smallest absolute Gasteiger partial charge is 0.254 e. The molecule has 26 heavy (non-hydrogen) atoms. The van der Waals surface area contributed by atoms with E-state index in [1.807, 2.05) is 31.4 Å². The van der Waals surface area contributed by atoms with Gasteiger partial charge in [-0.2, -0.15) is 0 Å². The monoisotopic (exact) mass is 373 g/mol. The molecule has 1 N–H and O–H groups in total. The lowest BCUT2D eigenvalue weighted by Crippen LogP contribution is -2.42. The van der Waals surface area contributed by atoms with Gasteiger partial charge in [-0.1, -0.05) is 17.7 Å². The fourth-order valence-corrected chi connectivity index (χ4v) is 3.58. The average molecular weight is 373 g/mol. The second kappa shape index (κ2) is 8.42. The first-order chi connectivity index (χ1) is 12.5. The van der Waals surface area contributed by atoms with Crippen LogP contribution in [0.5, 0.6) is 0 Å².